The number of aryl methyl sites for hydroxylation is 3. The van der Waals surface area contributed by atoms with Crippen LogP contribution in [-0.4, -0.2) is 0 Å². The highest BCUT2D eigenvalue weighted by atomic mass is 35.5. The molecule has 3 N–H and O–H groups in total. The molecular formula is C25H27ClN3OS+. The van der Waals surface area contributed by atoms with Gasteiger partial charge in [-0.2, -0.15) is 5.26 Å². The fraction of sp³-hybridized carbons (Fsp3) is 0.360. The van der Waals surface area contributed by atoms with E-state index in [1.165, 1.54) is 29.0 Å². The lowest BCUT2D eigenvalue weighted by atomic mass is 9.90. The minimum Gasteiger partial charge on any atom is -0.489 e. The van der Waals surface area contributed by atoms with Crippen molar-refractivity contribution < 1.29 is 9.72 Å². The van der Waals surface area contributed by atoms with Crippen LogP contribution < -0.4 is 15.5 Å². The van der Waals surface area contributed by atoms with Gasteiger partial charge in [-0.15, -0.1) is 11.3 Å². The summed E-state index contributed by atoms with van der Waals surface area (Å²) in [6, 6.07) is 10.2. The number of anilines is 1. The van der Waals surface area contributed by atoms with Crippen LogP contribution in [0.2, 0.25) is 5.02 Å². The van der Waals surface area contributed by atoms with Crippen molar-refractivity contribution in [2.45, 2.75) is 59.0 Å². The fourth-order valence-corrected chi connectivity index (χ4v) is 5.62. The van der Waals surface area contributed by atoms with Crippen molar-refractivity contribution in [1.29, 1.82) is 5.26 Å². The Labute approximate surface area is 192 Å². The van der Waals surface area contributed by atoms with E-state index < -0.39 is 0 Å². The lowest BCUT2D eigenvalue weighted by Gasteiger charge is -2.16. The van der Waals surface area contributed by atoms with Crippen molar-refractivity contribution in [3.63, 3.8) is 0 Å². The second kappa shape index (κ2) is 9.30. The first-order valence-corrected chi connectivity index (χ1v) is 11.9. The maximum Gasteiger partial charge on any atom is 0.289 e. The van der Waals surface area contributed by atoms with Gasteiger partial charge in [-0.3, -0.25) is 5.73 Å². The van der Waals surface area contributed by atoms with Gasteiger partial charge in [0.2, 0.25) is 0 Å². The number of thiophene rings is 1. The Morgan fingerprint density at radius 3 is 2.68 bits per heavy atom. The lowest BCUT2D eigenvalue weighted by Crippen LogP contribution is -2.23. The van der Waals surface area contributed by atoms with Crippen LogP contribution in [0.1, 0.15) is 58.5 Å². The molecule has 0 atom stereocenters. The van der Waals surface area contributed by atoms with Crippen molar-refractivity contribution in [2.75, 3.05) is 5.73 Å². The van der Waals surface area contributed by atoms with Gasteiger partial charge in [-0.25, -0.2) is 4.98 Å². The van der Waals surface area contributed by atoms with Crippen LogP contribution in [0.25, 0.3) is 10.4 Å². The number of nitrogens with two attached hydrogens (primary N) is 1. The predicted molar refractivity (Wildman–Crippen MR) is 127 cm³/mol. The van der Waals surface area contributed by atoms with Crippen molar-refractivity contribution >= 4 is 28.8 Å². The Bertz CT molecular complexity index is 1160. The van der Waals surface area contributed by atoms with E-state index in [4.69, 9.17) is 22.1 Å². The summed E-state index contributed by atoms with van der Waals surface area (Å²) in [6.07, 6.45) is 6.72. The molecule has 0 fully saturated rings. The topological polar surface area (TPSA) is 73.2 Å². The van der Waals surface area contributed by atoms with E-state index in [1.54, 1.807) is 11.3 Å². The number of ether oxygens (including phenoxy) is 1. The van der Waals surface area contributed by atoms with Crippen LogP contribution in [0, 0.1) is 25.2 Å². The first-order chi connectivity index (χ1) is 15.0. The molecule has 4 nitrogen and oxygen atoms in total. The van der Waals surface area contributed by atoms with E-state index >= 15 is 0 Å². The number of H-pyrrole nitrogens is 1. The van der Waals surface area contributed by atoms with Crippen molar-refractivity contribution in [1.82, 2.24) is 0 Å². The van der Waals surface area contributed by atoms with Gasteiger partial charge in [0, 0.05) is 37.9 Å². The number of nitrogen functional groups attached to an aromatic ring is 1. The van der Waals surface area contributed by atoms with Crippen molar-refractivity contribution in [3.8, 4) is 22.3 Å². The number of aromatic nitrogens is 1. The number of benzene rings is 1. The molecule has 2 heterocycles. The van der Waals surface area contributed by atoms with Crippen LogP contribution in [0.5, 0.6) is 5.75 Å². The quantitative estimate of drug-likeness (QED) is 0.512. The average molecular weight is 453 g/mol. The van der Waals surface area contributed by atoms with E-state index in [0.29, 0.717) is 23.0 Å². The molecule has 0 saturated heterocycles. The summed E-state index contributed by atoms with van der Waals surface area (Å²) in [7, 11) is 0. The van der Waals surface area contributed by atoms with Gasteiger partial charge in [0.15, 0.2) is 0 Å². The van der Waals surface area contributed by atoms with Crippen molar-refractivity contribution in [3.05, 3.63) is 62.1 Å². The van der Waals surface area contributed by atoms with Gasteiger partial charge in [0.25, 0.3) is 5.82 Å². The largest absolute Gasteiger partial charge is 0.489 e. The lowest BCUT2D eigenvalue weighted by molar-refractivity contribution is -0.374. The Kier molecular flexibility index (Phi) is 6.50. The highest BCUT2D eigenvalue weighted by molar-refractivity contribution is 7.15. The van der Waals surface area contributed by atoms with E-state index in [-0.39, 0.29) is 0 Å². The number of nitrogens with one attached hydrogen (secondary N) is 1. The first kappa shape index (κ1) is 21.7. The summed E-state index contributed by atoms with van der Waals surface area (Å²) in [5, 5.41) is 10.6. The number of fused-ring (bicyclic) bond motifs is 1. The van der Waals surface area contributed by atoms with Gasteiger partial charge in [-0.1, -0.05) is 24.4 Å². The van der Waals surface area contributed by atoms with Crippen molar-refractivity contribution in [2.24, 2.45) is 0 Å². The Morgan fingerprint density at radius 2 is 1.94 bits per heavy atom. The van der Waals surface area contributed by atoms with Gasteiger partial charge in [-0.05, 0) is 62.9 Å². The number of nitriles is 1. The minimum atomic E-state index is 0.470. The molecule has 2 aromatic heterocycles. The maximum atomic E-state index is 9.89. The van der Waals surface area contributed by atoms with E-state index in [9.17, 15) is 5.26 Å². The summed E-state index contributed by atoms with van der Waals surface area (Å²) >= 11 is 7.77. The SMILES string of the molecule is Cc1cc(Cl)ccc1OCc1cc(-c2c(C#N)c(N)[nH+]c3c2CCCCCC3)sc1C. The second-order valence-electron chi connectivity index (χ2n) is 8.16. The van der Waals surface area contributed by atoms with E-state index in [1.807, 2.05) is 25.1 Å². The smallest absolute Gasteiger partial charge is 0.289 e. The molecule has 0 bridgehead atoms. The highest BCUT2D eigenvalue weighted by Gasteiger charge is 2.25. The Morgan fingerprint density at radius 1 is 1.16 bits per heavy atom. The Hall–Kier alpha value is -2.55. The summed E-state index contributed by atoms with van der Waals surface area (Å²) in [6.45, 7) is 4.58. The molecule has 31 heavy (non-hydrogen) atoms. The number of rotatable bonds is 4. The molecule has 0 aliphatic heterocycles. The fourth-order valence-electron chi connectivity index (χ4n) is 4.29. The van der Waals surface area contributed by atoms with E-state index in [0.717, 1.165) is 53.0 Å². The number of halogens is 1. The molecule has 0 saturated carbocycles. The first-order valence-electron chi connectivity index (χ1n) is 10.7. The summed E-state index contributed by atoms with van der Waals surface area (Å²) in [5.74, 6) is 1.30. The third-order valence-corrected chi connectivity index (χ3v) is 7.32. The molecule has 3 aromatic rings. The molecule has 1 aliphatic carbocycles. The molecule has 160 valence electrons. The number of hydrogen-bond donors (Lipinski definition) is 1. The molecule has 0 amide bonds. The van der Waals surface area contributed by atoms with Crippen LogP contribution >= 0.6 is 22.9 Å². The average Bonchev–Trinajstić information content (AvgIpc) is 3.08. The summed E-state index contributed by atoms with van der Waals surface area (Å²) < 4.78 is 6.09. The maximum absolute atomic E-state index is 9.89. The van der Waals surface area contributed by atoms with Crippen LogP contribution in [-0.2, 0) is 19.4 Å². The zero-order chi connectivity index (χ0) is 22.0. The summed E-state index contributed by atoms with van der Waals surface area (Å²) in [4.78, 5) is 5.62. The molecular weight excluding hydrogens is 426 g/mol. The monoisotopic (exact) mass is 452 g/mol. The zero-order valence-corrected chi connectivity index (χ0v) is 19.6. The molecule has 0 radical (unpaired) electrons. The third kappa shape index (κ3) is 4.56. The number of hydrogen-bond acceptors (Lipinski definition) is 4. The highest BCUT2D eigenvalue weighted by Crippen LogP contribution is 2.39. The second-order valence-corrected chi connectivity index (χ2v) is 9.86. The minimum absolute atomic E-state index is 0.470. The normalized spacial score (nSPS) is 13.7. The molecule has 1 aromatic carbocycles. The predicted octanol–water partition coefficient (Wildman–Crippen LogP) is 6.19. The van der Waals surface area contributed by atoms with Gasteiger partial charge < -0.3 is 4.74 Å². The van der Waals surface area contributed by atoms with Crippen LogP contribution in [0.3, 0.4) is 0 Å². The molecule has 4 rings (SSSR count). The third-order valence-electron chi connectivity index (χ3n) is 5.97. The van der Waals surface area contributed by atoms with Crippen LogP contribution in [0.4, 0.5) is 5.82 Å². The van der Waals surface area contributed by atoms with Gasteiger partial charge in [0.05, 0.1) is 0 Å². The number of nitrogens with zero attached hydrogens (tertiary/aromatic N) is 1. The zero-order valence-electron chi connectivity index (χ0n) is 18.0. The Balaban J connectivity index is 1.71. The number of aromatic amines is 1. The number of pyridine rings is 1. The standard InChI is InChI=1S/C25H26ClN3OS/c1-15-11-18(26)9-10-22(15)30-14-17-12-23(31-16(17)2)24-19-7-5-3-4-6-8-21(19)29-25(28)20(24)13-27/h9-12H,3-8,14H2,1-2H3,(H2,28,29)/p+1. The molecule has 0 unspecified atom stereocenters. The molecule has 1 aliphatic rings. The van der Waals surface area contributed by atoms with Gasteiger partial charge in [0.1, 0.15) is 29.7 Å². The summed E-state index contributed by atoms with van der Waals surface area (Å²) in [5.41, 5.74) is 12.4. The molecule has 0 spiro atoms. The molecule has 6 heteroatoms. The van der Waals surface area contributed by atoms with Gasteiger partial charge >= 0.3 is 0 Å². The van der Waals surface area contributed by atoms with E-state index in [2.05, 4.69) is 24.0 Å². The van der Waals surface area contributed by atoms with Crippen LogP contribution in [0.15, 0.2) is 24.3 Å².